The van der Waals surface area contributed by atoms with Crippen molar-refractivity contribution in [2.45, 2.75) is 39.7 Å². The van der Waals surface area contributed by atoms with Crippen LogP contribution in [-0.2, 0) is 11.3 Å². The van der Waals surface area contributed by atoms with Crippen LogP contribution in [0.1, 0.15) is 49.5 Å². The number of oxazole rings is 1. The van der Waals surface area contributed by atoms with Crippen molar-refractivity contribution in [3.8, 4) is 0 Å². The van der Waals surface area contributed by atoms with Crippen LogP contribution in [0.5, 0.6) is 0 Å². The number of ketones is 1. The van der Waals surface area contributed by atoms with Crippen LogP contribution < -0.4 is 4.90 Å². The average Bonchev–Trinajstić information content (AvgIpc) is 3.28. The zero-order valence-electron chi connectivity index (χ0n) is 18.9. The summed E-state index contributed by atoms with van der Waals surface area (Å²) in [6, 6.07) is 1.81. The van der Waals surface area contributed by atoms with Gasteiger partial charge in [0, 0.05) is 64.0 Å². The van der Waals surface area contributed by atoms with Gasteiger partial charge in [-0.2, -0.15) is 0 Å². The summed E-state index contributed by atoms with van der Waals surface area (Å²) in [4.78, 5) is 44.7. The normalized spacial score (nSPS) is 20.0. The number of likely N-dealkylation sites (tertiary alicyclic amines) is 1. The monoisotopic (exact) mass is 440 g/mol. The molecule has 2 saturated heterocycles. The van der Waals surface area contributed by atoms with Gasteiger partial charge in [-0.3, -0.25) is 14.5 Å². The van der Waals surface area contributed by atoms with E-state index in [1.165, 1.54) is 6.26 Å². The fraction of sp³-hybridized carbons (Fsp3) is 0.609. The molecule has 0 unspecified atom stereocenters. The fourth-order valence-corrected chi connectivity index (χ4v) is 4.39. The molecular weight excluding hydrogens is 408 g/mol. The number of piperidine rings is 1. The van der Waals surface area contributed by atoms with Gasteiger partial charge in [-0.1, -0.05) is 13.8 Å². The molecule has 0 spiro atoms. The minimum absolute atomic E-state index is 0.0636. The van der Waals surface area contributed by atoms with Crippen molar-refractivity contribution < 1.29 is 14.0 Å². The lowest BCUT2D eigenvalue weighted by Gasteiger charge is -2.33. The first kappa shape index (κ1) is 22.4. The predicted octanol–water partition coefficient (Wildman–Crippen LogP) is 2.25. The third-order valence-electron chi connectivity index (χ3n) is 6.11. The summed E-state index contributed by atoms with van der Waals surface area (Å²) in [5.74, 6) is 1.69. The molecule has 0 bridgehead atoms. The van der Waals surface area contributed by atoms with Crippen LogP contribution >= 0.6 is 0 Å². The van der Waals surface area contributed by atoms with E-state index >= 15 is 0 Å². The number of anilines is 1. The largest absolute Gasteiger partial charge is 0.447 e. The lowest BCUT2D eigenvalue weighted by atomic mass is 9.89. The van der Waals surface area contributed by atoms with Crippen molar-refractivity contribution in [1.82, 2.24) is 24.8 Å². The summed E-state index contributed by atoms with van der Waals surface area (Å²) in [5.41, 5.74) is 0.327. The van der Waals surface area contributed by atoms with Crippen LogP contribution in [0.25, 0.3) is 0 Å². The molecule has 32 heavy (non-hydrogen) atoms. The van der Waals surface area contributed by atoms with Gasteiger partial charge in [-0.25, -0.2) is 15.0 Å². The van der Waals surface area contributed by atoms with Crippen LogP contribution in [0.2, 0.25) is 0 Å². The Morgan fingerprint density at radius 2 is 1.88 bits per heavy atom. The molecular formula is C23H32N6O3. The number of aromatic nitrogens is 3. The van der Waals surface area contributed by atoms with Crippen molar-refractivity contribution in [2.75, 3.05) is 44.2 Å². The molecule has 0 radical (unpaired) electrons. The Bertz CT molecular complexity index is 907. The second-order valence-electron chi connectivity index (χ2n) is 9.09. The smallest absolute Gasteiger partial charge is 0.275 e. The van der Waals surface area contributed by atoms with Crippen LogP contribution in [-0.4, -0.2) is 75.7 Å². The molecule has 172 valence electrons. The van der Waals surface area contributed by atoms with Gasteiger partial charge in [0.1, 0.15) is 12.0 Å². The summed E-state index contributed by atoms with van der Waals surface area (Å²) in [6.07, 6.45) is 7.24. The molecule has 2 aliphatic rings. The Balaban J connectivity index is 1.29. The zero-order valence-corrected chi connectivity index (χ0v) is 18.9. The highest BCUT2D eigenvalue weighted by Gasteiger charge is 2.30. The van der Waals surface area contributed by atoms with Gasteiger partial charge in [-0.15, -0.1) is 0 Å². The average molecular weight is 441 g/mol. The molecule has 0 N–H and O–H groups in total. The molecule has 0 aliphatic carbocycles. The molecule has 1 atom stereocenters. The summed E-state index contributed by atoms with van der Waals surface area (Å²) in [5, 5.41) is 0. The maximum Gasteiger partial charge on any atom is 0.275 e. The van der Waals surface area contributed by atoms with Gasteiger partial charge in [-0.05, 0) is 24.8 Å². The topological polar surface area (TPSA) is 95.7 Å². The van der Waals surface area contributed by atoms with Gasteiger partial charge >= 0.3 is 0 Å². The number of carbonyl (C=O) groups is 2. The van der Waals surface area contributed by atoms with E-state index in [0.717, 1.165) is 45.0 Å². The van der Waals surface area contributed by atoms with E-state index in [1.54, 1.807) is 17.3 Å². The third kappa shape index (κ3) is 5.51. The number of hydrogen-bond donors (Lipinski definition) is 0. The number of amides is 1. The first-order chi connectivity index (χ1) is 15.5. The van der Waals surface area contributed by atoms with Gasteiger partial charge < -0.3 is 14.2 Å². The molecule has 2 aromatic heterocycles. The Hall–Kier alpha value is -2.81. The second kappa shape index (κ2) is 10.2. The SMILES string of the molecule is CC(C)CC(=O)[C@H]1CCCN(C(=O)c2coc(CN3CCN(c4ncccn4)CC3)n2)C1. The Morgan fingerprint density at radius 3 is 2.59 bits per heavy atom. The van der Waals surface area contributed by atoms with Crippen molar-refractivity contribution in [3.05, 3.63) is 36.3 Å². The molecule has 2 aliphatic heterocycles. The molecule has 4 rings (SSSR count). The zero-order chi connectivity index (χ0) is 22.5. The summed E-state index contributed by atoms with van der Waals surface area (Å²) in [6.45, 7) is 9.15. The number of rotatable bonds is 7. The van der Waals surface area contributed by atoms with Gasteiger partial charge in [0.15, 0.2) is 5.69 Å². The maximum absolute atomic E-state index is 13.0. The van der Waals surface area contributed by atoms with Crippen molar-refractivity contribution in [3.63, 3.8) is 0 Å². The summed E-state index contributed by atoms with van der Waals surface area (Å²) >= 11 is 0. The number of Topliss-reactive ketones (excluding diaryl/α,β-unsaturated/α-hetero) is 1. The van der Waals surface area contributed by atoms with Crippen LogP contribution in [0.15, 0.2) is 29.1 Å². The molecule has 2 aromatic rings. The van der Waals surface area contributed by atoms with Gasteiger partial charge in [0.25, 0.3) is 5.91 Å². The molecule has 9 nitrogen and oxygen atoms in total. The highest BCUT2D eigenvalue weighted by atomic mass is 16.3. The Kier molecular flexibility index (Phi) is 7.14. The maximum atomic E-state index is 13.0. The number of carbonyl (C=O) groups excluding carboxylic acids is 2. The molecule has 4 heterocycles. The minimum Gasteiger partial charge on any atom is -0.447 e. The number of piperazine rings is 1. The van der Waals surface area contributed by atoms with Crippen LogP contribution in [0.4, 0.5) is 5.95 Å². The van der Waals surface area contributed by atoms with Crippen LogP contribution in [0, 0.1) is 11.8 Å². The molecule has 0 aromatic carbocycles. The minimum atomic E-state index is -0.145. The lowest BCUT2D eigenvalue weighted by molar-refractivity contribution is -0.124. The number of hydrogen-bond acceptors (Lipinski definition) is 8. The first-order valence-electron chi connectivity index (χ1n) is 11.5. The van der Waals surface area contributed by atoms with E-state index < -0.39 is 0 Å². The standard InChI is InChI=1S/C23H32N6O3/c1-17(2)13-20(30)18-5-3-8-29(14-18)22(31)19-16-32-21(26-19)15-27-9-11-28(12-10-27)23-24-6-4-7-25-23/h4,6-7,16-18H,3,5,8-15H2,1-2H3/t18-/m0/s1. The highest BCUT2D eigenvalue weighted by Crippen LogP contribution is 2.22. The molecule has 1 amide bonds. The molecule has 2 fully saturated rings. The van der Waals surface area contributed by atoms with Gasteiger partial charge in [0.05, 0.1) is 6.54 Å². The quantitative estimate of drug-likeness (QED) is 0.647. The van der Waals surface area contributed by atoms with E-state index in [4.69, 9.17) is 4.42 Å². The summed E-state index contributed by atoms with van der Waals surface area (Å²) in [7, 11) is 0. The van der Waals surface area contributed by atoms with E-state index in [1.807, 2.05) is 6.07 Å². The Labute approximate surface area is 188 Å². The highest BCUT2D eigenvalue weighted by molar-refractivity contribution is 5.92. The van der Waals surface area contributed by atoms with E-state index in [-0.39, 0.29) is 17.6 Å². The number of nitrogens with zero attached hydrogens (tertiary/aromatic N) is 6. The van der Waals surface area contributed by atoms with Crippen molar-refractivity contribution in [1.29, 1.82) is 0 Å². The second-order valence-corrected chi connectivity index (χ2v) is 9.09. The van der Waals surface area contributed by atoms with Crippen molar-refractivity contribution >= 4 is 17.6 Å². The van der Waals surface area contributed by atoms with Gasteiger partial charge in [0.2, 0.25) is 11.8 Å². The lowest BCUT2D eigenvalue weighted by Crippen LogP contribution is -2.46. The van der Waals surface area contributed by atoms with E-state index in [9.17, 15) is 9.59 Å². The Morgan fingerprint density at radius 1 is 1.12 bits per heavy atom. The first-order valence-corrected chi connectivity index (χ1v) is 11.5. The summed E-state index contributed by atoms with van der Waals surface area (Å²) < 4.78 is 5.61. The fourth-order valence-electron chi connectivity index (χ4n) is 4.39. The van der Waals surface area contributed by atoms with Crippen molar-refractivity contribution in [2.24, 2.45) is 11.8 Å². The van der Waals surface area contributed by atoms with E-state index in [0.29, 0.717) is 43.6 Å². The molecule has 9 heteroatoms. The van der Waals surface area contributed by atoms with E-state index in [2.05, 4.69) is 38.6 Å². The van der Waals surface area contributed by atoms with Crippen LogP contribution in [0.3, 0.4) is 0 Å². The molecule has 0 saturated carbocycles. The third-order valence-corrected chi connectivity index (χ3v) is 6.11. The predicted molar refractivity (Wildman–Crippen MR) is 119 cm³/mol.